The predicted octanol–water partition coefficient (Wildman–Crippen LogP) is 7.94. The van der Waals surface area contributed by atoms with Crippen LogP contribution in [0.4, 0.5) is 5.69 Å². The Morgan fingerprint density at radius 3 is 2.70 bits per heavy atom. The van der Waals surface area contributed by atoms with Crippen LogP contribution in [0.5, 0.6) is 0 Å². The minimum absolute atomic E-state index is 0.353. The van der Waals surface area contributed by atoms with Crippen molar-refractivity contribution in [2.24, 2.45) is 5.92 Å². The normalized spacial score (nSPS) is 22.2. The molecule has 0 saturated heterocycles. The number of hydrogen-bond donors (Lipinski definition) is 1. The van der Waals surface area contributed by atoms with Crippen molar-refractivity contribution < 1.29 is 0 Å². The summed E-state index contributed by atoms with van der Waals surface area (Å²) < 4.78 is 1.39. The molecule has 2 atom stereocenters. The van der Waals surface area contributed by atoms with E-state index < -0.39 is 0 Å². The fraction of sp³-hybridized carbons (Fsp3) is 0.286. The Morgan fingerprint density at radius 1 is 1.00 bits per heavy atom. The van der Waals surface area contributed by atoms with Crippen LogP contribution in [0.2, 0.25) is 0 Å². The van der Waals surface area contributed by atoms with Crippen LogP contribution in [0.25, 0.3) is 27.3 Å². The third-order valence-corrected chi connectivity index (χ3v) is 8.50. The first kappa shape index (κ1) is 18.2. The number of nitrogens with one attached hydrogen (secondary N) is 1. The van der Waals surface area contributed by atoms with Gasteiger partial charge in [-0.25, -0.2) is 0 Å². The van der Waals surface area contributed by atoms with E-state index in [-0.39, 0.29) is 0 Å². The lowest BCUT2D eigenvalue weighted by atomic mass is 9.80. The quantitative estimate of drug-likeness (QED) is 0.453. The van der Waals surface area contributed by atoms with E-state index in [1.54, 1.807) is 0 Å². The number of aryl methyl sites for hydroxylation is 1. The number of benzene rings is 2. The molecule has 1 aromatic heterocycles. The number of allylic oxidation sites excluding steroid dienone is 5. The Kier molecular flexibility index (Phi) is 4.08. The standard InChI is InChI=1S/C28H27NS/c1-4-19-13-12-18-8-7-10-22(28(18)29-19)25-16(2)17(3)26-21(25)14-15-24-27(26)20-9-5-6-11-23(20)30-24/h5-11,14-15,19,21,29H,4,12-13H2,1-3H3. The van der Waals surface area contributed by atoms with E-state index in [2.05, 4.69) is 80.7 Å². The van der Waals surface area contributed by atoms with Crippen molar-refractivity contribution in [3.8, 4) is 0 Å². The summed E-state index contributed by atoms with van der Waals surface area (Å²) in [4.78, 5) is 1.41. The second kappa shape index (κ2) is 6.72. The Labute approximate surface area is 182 Å². The molecule has 1 nitrogen and oxygen atoms in total. The van der Waals surface area contributed by atoms with Crippen molar-refractivity contribution in [2.75, 3.05) is 5.32 Å². The molecule has 1 N–H and O–H groups in total. The summed E-state index contributed by atoms with van der Waals surface area (Å²) in [5, 5.41) is 5.30. The molecule has 0 spiro atoms. The summed E-state index contributed by atoms with van der Waals surface area (Å²) in [6, 6.07) is 16.4. The maximum absolute atomic E-state index is 3.89. The maximum atomic E-state index is 3.89. The Hall–Kier alpha value is -2.58. The molecule has 2 heteroatoms. The van der Waals surface area contributed by atoms with Crippen LogP contribution in [0.15, 0.2) is 59.7 Å². The smallest absolute Gasteiger partial charge is 0.0451 e. The lowest BCUT2D eigenvalue weighted by Crippen LogP contribution is -2.25. The van der Waals surface area contributed by atoms with E-state index in [0.717, 1.165) is 0 Å². The monoisotopic (exact) mass is 409 g/mol. The lowest BCUT2D eigenvalue weighted by molar-refractivity contribution is 0.613. The zero-order valence-electron chi connectivity index (χ0n) is 17.9. The van der Waals surface area contributed by atoms with Gasteiger partial charge in [-0.05, 0) is 73.1 Å². The third-order valence-electron chi connectivity index (χ3n) is 7.37. The maximum Gasteiger partial charge on any atom is 0.0451 e. The van der Waals surface area contributed by atoms with Gasteiger partial charge in [0.2, 0.25) is 0 Å². The molecule has 0 bridgehead atoms. The molecule has 2 unspecified atom stereocenters. The zero-order chi connectivity index (χ0) is 20.4. The van der Waals surface area contributed by atoms with Gasteiger partial charge in [0, 0.05) is 43.7 Å². The van der Waals surface area contributed by atoms with Crippen molar-refractivity contribution in [1.82, 2.24) is 0 Å². The summed E-state index contributed by atoms with van der Waals surface area (Å²) in [6.45, 7) is 6.96. The molecule has 2 heterocycles. The summed E-state index contributed by atoms with van der Waals surface area (Å²) >= 11 is 1.92. The summed E-state index contributed by atoms with van der Waals surface area (Å²) in [5.41, 5.74) is 11.7. The van der Waals surface area contributed by atoms with Crippen molar-refractivity contribution in [2.45, 2.75) is 46.1 Å². The van der Waals surface area contributed by atoms with E-state index in [1.807, 2.05) is 11.3 Å². The van der Waals surface area contributed by atoms with E-state index >= 15 is 0 Å². The van der Waals surface area contributed by atoms with E-state index in [1.165, 1.54) is 78.9 Å². The van der Waals surface area contributed by atoms with Gasteiger partial charge in [0.15, 0.2) is 0 Å². The van der Waals surface area contributed by atoms with Gasteiger partial charge in [-0.1, -0.05) is 49.4 Å². The lowest BCUT2D eigenvalue weighted by Gasteiger charge is -2.30. The van der Waals surface area contributed by atoms with Crippen molar-refractivity contribution >= 4 is 44.3 Å². The number of anilines is 1. The number of thiophene rings is 1. The number of fused-ring (bicyclic) bond motifs is 6. The highest BCUT2D eigenvalue weighted by molar-refractivity contribution is 7.20. The molecule has 2 aliphatic carbocycles. The van der Waals surface area contributed by atoms with Gasteiger partial charge in [0.25, 0.3) is 0 Å². The second-order valence-electron chi connectivity index (χ2n) is 8.88. The minimum Gasteiger partial charge on any atom is -0.382 e. The van der Waals surface area contributed by atoms with Crippen LogP contribution in [-0.4, -0.2) is 6.04 Å². The molecule has 6 rings (SSSR count). The third kappa shape index (κ3) is 2.46. The largest absolute Gasteiger partial charge is 0.382 e. The van der Waals surface area contributed by atoms with Crippen molar-refractivity contribution in [3.05, 3.63) is 81.3 Å². The predicted molar refractivity (Wildman–Crippen MR) is 132 cm³/mol. The van der Waals surface area contributed by atoms with E-state index in [4.69, 9.17) is 0 Å². The summed E-state index contributed by atoms with van der Waals surface area (Å²) in [7, 11) is 0. The molecule has 0 fully saturated rings. The van der Waals surface area contributed by atoms with Gasteiger partial charge in [-0.3, -0.25) is 0 Å². The fourth-order valence-electron chi connectivity index (χ4n) is 5.68. The summed E-state index contributed by atoms with van der Waals surface area (Å²) in [6.07, 6.45) is 8.42. The SMILES string of the molecule is CCC1CCc2cccc(C3=C(C)C(C)=C4c5c(sc6ccccc56)C=CC34)c2N1. The molecule has 30 heavy (non-hydrogen) atoms. The topological polar surface area (TPSA) is 12.0 Å². The fourth-order valence-corrected chi connectivity index (χ4v) is 6.81. The first-order valence-corrected chi connectivity index (χ1v) is 12.0. The molecule has 3 aromatic rings. The molecule has 150 valence electrons. The number of hydrogen-bond acceptors (Lipinski definition) is 2. The van der Waals surface area contributed by atoms with E-state index in [9.17, 15) is 0 Å². The average molecular weight is 410 g/mol. The Morgan fingerprint density at radius 2 is 1.83 bits per heavy atom. The number of para-hydroxylation sites is 1. The first-order valence-electron chi connectivity index (χ1n) is 11.2. The highest BCUT2D eigenvalue weighted by Crippen LogP contribution is 2.55. The highest BCUT2D eigenvalue weighted by Gasteiger charge is 2.36. The Balaban J connectivity index is 1.53. The van der Waals surface area contributed by atoms with Gasteiger partial charge >= 0.3 is 0 Å². The van der Waals surface area contributed by atoms with Gasteiger partial charge in [0.05, 0.1) is 0 Å². The number of rotatable bonds is 2. The van der Waals surface area contributed by atoms with Gasteiger partial charge < -0.3 is 5.32 Å². The minimum atomic E-state index is 0.353. The van der Waals surface area contributed by atoms with Crippen LogP contribution in [0, 0.1) is 5.92 Å². The Bertz CT molecular complexity index is 1280. The molecule has 0 amide bonds. The molecule has 3 aliphatic rings. The molecular formula is C28H27NS. The average Bonchev–Trinajstić information content (AvgIpc) is 3.28. The molecule has 0 radical (unpaired) electrons. The first-order chi connectivity index (χ1) is 14.7. The van der Waals surface area contributed by atoms with Crippen molar-refractivity contribution in [1.29, 1.82) is 0 Å². The molecule has 1 aliphatic heterocycles. The molecule has 0 saturated carbocycles. The van der Waals surface area contributed by atoms with Crippen LogP contribution in [-0.2, 0) is 6.42 Å². The molecular weight excluding hydrogens is 382 g/mol. The molecule has 2 aromatic carbocycles. The second-order valence-corrected chi connectivity index (χ2v) is 9.96. The summed E-state index contributed by atoms with van der Waals surface area (Å²) in [5.74, 6) is 0.353. The zero-order valence-corrected chi connectivity index (χ0v) is 18.7. The van der Waals surface area contributed by atoms with Crippen LogP contribution in [0.1, 0.15) is 55.2 Å². The van der Waals surface area contributed by atoms with Gasteiger partial charge in [0.1, 0.15) is 0 Å². The van der Waals surface area contributed by atoms with Crippen LogP contribution in [0.3, 0.4) is 0 Å². The highest BCUT2D eigenvalue weighted by atomic mass is 32.1. The van der Waals surface area contributed by atoms with Crippen LogP contribution >= 0.6 is 11.3 Å². The van der Waals surface area contributed by atoms with Gasteiger partial charge in [-0.2, -0.15) is 0 Å². The van der Waals surface area contributed by atoms with Gasteiger partial charge in [-0.15, -0.1) is 11.3 Å². The van der Waals surface area contributed by atoms with Crippen LogP contribution < -0.4 is 5.32 Å². The van der Waals surface area contributed by atoms with Crippen molar-refractivity contribution in [3.63, 3.8) is 0 Å². The van der Waals surface area contributed by atoms with E-state index in [0.29, 0.717) is 12.0 Å².